The second kappa shape index (κ2) is 4.93. The van der Waals surface area contributed by atoms with Crippen LogP contribution in [0, 0.1) is 0 Å². The van der Waals surface area contributed by atoms with E-state index >= 15 is 0 Å². The normalized spacial score (nSPS) is 23.5. The van der Waals surface area contributed by atoms with Crippen LogP contribution in [0.2, 0.25) is 0 Å². The maximum absolute atomic E-state index is 5.51. The van der Waals surface area contributed by atoms with E-state index in [4.69, 9.17) is 9.47 Å². The molecule has 4 nitrogen and oxygen atoms in total. The van der Waals surface area contributed by atoms with Gasteiger partial charge in [0.25, 0.3) is 0 Å². The zero-order valence-corrected chi connectivity index (χ0v) is 12.9. The van der Waals surface area contributed by atoms with Gasteiger partial charge in [-0.15, -0.1) is 0 Å². The Hall–Kier alpha value is -1.71. The van der Waals surface area contributed by atoms with Gasteiger partial charge < -0.3 is 9.47 Å². The Morgan fingerprint density at radius 1 is 1.10 bits per heavy atom. The Labute approximate surface area is 126 Å². The number of benzene rings is 1. The molecule has 0 bridgehead atoms. The van der Waals surface area contributed by atoms with E-state index in [1.807, 2.05) is 0 Å². The molecular formula is C17H23N2O2+. The highest BCUT2D eigenvalue weighted by atomic mass is 16.5. The van der Waals surface area contributed by atoms with E-state index in [1.165, 1.54) is 43.5 Å². The molecule has 1 atom stereocenters. The molecule has 3 aliphatic heterocycles. The summed E-state index contributed by atoms with van der Waals surface area (Å²) in [6, 6.07) is 4.91. The fourth-order valence-electron chi connectivity index (χ4n) is 4.21. The molecule has 0 saturated heterocycles. The van der Waals surface area contributed by atoms with Crippen LogP contribution in [-0.4, -0.2) is 49.2 Å². The summed E-state index contributed by atoms with van der Waals surface area (Å²) in [6.07, 6.45) is 4.88. The SMILES string of the molecule is COc1cc2c(cc1OC)C1CC[N+]3=C(CCC3)N1CC2. The van der Waals surface area contributed by atoms with Crippen LogP contribution in [0.3, 0.4) is 0 Å². The summed E-state index contributed by atoms with van der Waals surface area (Å²) in [5.74, 6) is 3.29. The zero-order valence-electron chi connectivity index (χ0n) is 12.9. The van der Waals surface area contributed by atoms with Crippen molar-refractivity contribution in [2.45, 2.75) is 31.7 Å². The van der Waals surface area contributed by atoms with E-state index in [0.717, 1.165) is 24.5 Å². The molecular weight excluding hydrogens is 264 g/mol. The minimum absolute atomic E-state index is 0.526. The first-order valence-electron chi connectivity index (χ1n) is 7.94. The van der Waals surface area contributed by atoms with Crippen molar-refractivity contribution in [3.63, 3.8) is 0 Å². The maximum atomic E-state index is 5.51. The molecule has 0 fully saturated rings. The van der Waals surface area contributed by atoms with Gasteiger partial charge in [-0.2, -0.15) is 0 Å². The molecule has 21 heavy (non-hydrogen) atoms. The lowest BCUT2D eigenvalue weighted by atomic mass is 9.89. The second-order valence-electron chi connectivity index (χ2n) is 6.16. The molecule has 4 heteroatoms. The van der Waals surface area contributed by atoms with Gasteiger partial charge >= 0.3 is 0 Å². The van der Waals surface area contributed by atoms with Crippen molar-refractivity contribution in [1.82, 2.24) is 4.90 Å². The van der Waals surface area contributed by atoms with E-state index < -0.39 is 0 Å². The van der Waals surface area contributed by atoms with E-state index in [0.29, 0.717) is 6.04 Å². The van der Waals surface area contributed by atoms with Crippen LogP contribution in [0.15, 0.2) is 12.1 Å². The fourth-order valence-corrected chi connectivity index (χ4v) is 4.21. The molecule has 0 amide bonds. The molecule has 0 saturated carbocycles. The number of methoxy groups -OCH3 is 2. The smallest absolute Gasteiger partial charge is 0.247 e. The van der Waals surface area contributed by atoms with Crippen molar-refractivity contribution in [1.29, 1.82) is 0 Å². The van der Waals surface area contributed by atoms with Gasteiger partial charge in [0.05, 0.1) is 40.3 Å². The van der Waals surface area contributed by atoms with E-state index in [-0.39, 0.29) is 0 Å². The summed E-state index contributed by atoms with van der Waals surface area (Å²) in [5, 5.41) is 0. The van der Waals surface area contributed by atoms with Crippen LogP contribution >= 0.6 is 0 Å². The summed E-state index contributed by atoms with van der Waals surface area (Å²) < 4.78 is 13.5. The Morgan fingerprint density at radius 3 is 2.71 bits per heavy atom. The van der Waals surface area contributed by atoms with Crippen LogP contribution < -0.4 is 9.47 Å². The predicted molar refractivity (Wildman–Crippen MR) is 81.5 cm³/mol. The molecule has 3 heterocycles. The lowest BCUT2D eigenvalue weighted by molar-refractivity contribution is -0.532. The number of hydrogen-bond donors (Lipinski definition) is 0. The lowest BCUT2D eigenvalue weighted by Crippen LogP contribution is -2.46. The van der Waals surface area contributed by atoms with Crippen molar-refractivity contribution in [3.8, 4) is 11.5 Å². The largest absolute Gasteiger partial charge is 0.493 e. The number of nitrogens with zero attached hydrogens (tertiary/aromatic N) is 2. The molecule has 4 rings (SSSR count). The lowest BCUT2D eigenvalue weighted by Gasteiger charge is -2.37. The van der Waals surface area contributed by atoms with Gasteiger partial charge in [-0.1, -0.05) is 0 Å². The van der Waals surface area contributed by atoms with E-state index in [9.17, 15) is 0 Å². The first-order chi connectivity index (χ1) is 10.3. The first-order valence-corrected chi connectivity index (χ1v) is 7.94. The minimum Gasteiger partial charge on any atom is -0.493 e. The molecule has 0 aromatic heterocycles. The fraction of sp³-hybridized carbons (Fsp3) is 0.588. The molecule has 112 valence electrons. The van der Waals surface area contributed by atoms with E-state index in [2.05, 4.69) is 21.6 Å². The highest BCUT2D eigenvalue weighted by molar-refractivity contribution is 5.80. The van der Waals surface area contributed by atoms with Gasteiger partial charge in [0.15, 0.2) is 11.5 Å². The standard InChI is InChI=1S/C17H23N2O2/c1-20-15-10-12-5-9-19-14(13(12)11-16(15)21-2)6-8-18-7-3-4-17(18)19/h10-11,14H,3-9H2,1-2H3/q+1. The Bertz CT molecular complexity index is 609. The average molecular weight is 287 g/mol. The quantitative estimate of drug-likeness (QED) is 0.780. The van der Waals surface area contributed by atoms with Gasteiger partial charge in [0, 0.05) is 18.4 Å². The number of ether oxygens (including phenoxy) is 2. The van der Waals surface area contributed by atoms with Crippen LogP contribution in [0.25, 0.3) is 0 Å². The van der Waals surface area contributed by atoms with Crippen LogP contribution in [0.4, 0.5) is 0 Å². The molecule has 1 aromatic carbocycles. The van der Waals surface area contributed by atoms with Gasteiger partial charge in [0.2, 0.25) is 5.84 Å². The Morgan fingerprint density at radius 2 is 1.90 bits per heavy atom. The summed E-state index contributed by atoms with van der Waals surface area (Å²) in [6.45, 7) is 3.58. The minimum atomic E-state index is 0.526. The van der Waals surface area contributed by atoms with Crippen molar-refractivity contribution in [2.24, 2.45) is 0 Å². The van der Waals surface area contributed by atoms with Gasteiger partial charge in [-0.3, -0.25) is 9.48 Å². The second-order valence-corrected chi connectivity index (χ2v) is 6.16. The molecule has 1 aromatic rings. The molecule has 0 spiro atoms. The van der Waals surface area contributed by atoms with Crippen LogP contribution in [-0.2, 0) is 6.42 Å². The number of hydrogen-bond acceptors (Lipinski definition) is 3. The Kier molecular flexibility index (Phi) is 3.05. The first kappa shape index (κ1) is 13.0. The third kappa shape index (κ3) is 1.92. The predicted octanol–water partition coefficient (Wildman–Crippen LogP) is 2.21. The molecule has 0 radical (unpaired) electrons. The number of amidine groups is 1. The zero-order chi connectivity index (χ0) is 14.4. The van der Waals surface area contributed by atoms with Gasteiger partial charge in [-0.25, -0.2) is 0 Å². The summed E-state index contributed by atoms with van der Waals surface area (Å²) in [4.78, 5) is 2.64. The topological polar surface area (TPSA) is 24.7 Å². The molecule has 1 unspecified atom stereocenters. The average Bonchev–Trinajstić information content (AvgIpc) is 3.01. The van der Waals surface area contributed by atoms with Crippen molar-refractivity contribution >= 4 is 5.84 Å². The molecule has 0 aliphatic carbocycles. The van der Waals surface area contributed by atoms with Crippen LogP contribution in [0.5, 0.6) is 11.5 Å². The molecule has 3 aliphatic rings. The van der Waals surface area contributed by atoms with Crippen molar-refractivity contribution < 1.29 is 14.0 Å². The summed E-state index contributed by atoms with van der Waals surface area (Å²) >= 11 is 0. The van der Waals surface area contributed by atoms with Crippen molar-refractivity contribution in [2.75, 3.05) is 33.9 Å². The summed E-state index contributed by atoms with van der Waals surface area (Å²) in [7, 11) is 3.44. The number of rotatable bonds is 2. The van der Waals surface area contributed by atoms with Crippen molar-refractivity contribution in [3.05, 3.63) is 23.3 Å². The van der Waals surface area contributed by atoms with Gasteiger partial charge in [-0.05, 0) is 24.1 Å². The van der Waals surface area contributed by atoms with E-state index in [1.54, 1.807) is 20.1 Å². The highest BCUT2D eigenvalue weighted by Crippen LogP contribution is 2.41. The van der Waals surface area contributed by atoms with Crippen LogP contribution in [0.1, 0.15) is 36.4 Å². The molecule has 0 N–H and O–H groups in total. The Balaban J connectivity index is 1.76. The highest BCUT2D eigenvalue weighted by Gasteiger charge is 2.42. The third-order valence-electron chi connectivity index (χ3n) is 5.20. The summed E-state index contributed by atoms with van der Waals surface area (Å²) in [5.41, 5.74) is 2.87. The monoisotopic (exact) mass is 287 g/mol. The third-order valence-corrected chi connectivity index (χ3v) is 5.20. The maximum Gasteiger partial charge on any atom is 0.247 e. The number of fused-ring (bicyclic) bond motifs is 4. The van der Waals surface area contributed by atoms with Gasteiger partial charge in [0.1, 0.15) is 6.04 Å².